The Morgan fingerprint density at radius 1 is 1.25 bits per heavy atom. The van der Waals surface area contributed by atoms with E-state index in [1.807, 2.05) is 49.4 Å². The van der Waals surface area contributed by atoms with Gasteiger partial charge in [-0.3, -0.25) is 0 Å². The Labute approximate surface area is 117 Å². The van der Waals surface area contributed by atoms with Gasteiger partial charge in [0.25, 0.3) is 0 Å². The number of nitriles is 1. The summed E-state index contributed by atoms with van der Waals surface area (Å²) in [6, 6.07) is 15.5. The molecule has 0 bridgehead atoms. The first-order chi connectivity index (χ1) is 9.67. The van der Waals surface area contributed by atoms with E-state index in [0.717, 1.165) is 22.4 Å². The molecule has 1 aromatic heterocycles. The predicted molar refractivity (Wildman–Crippen MR) is 79.1 cm³/mol. The molecule has 0 spiro atoms. The normalized spacial score (nSPS) is 10.6. The highest BCUT2D eigenvalue weighted by molar-refractivity contribution is 5.79. The second-order valence-corrected chi connectivity index (χ2v) is 4.81. The zero-order valence-corrected chi connectivity index (χ0v) is 11.2. The number of rotatable bonds is 2. The maximum Gasteiger partial charge on any atom is 0.107 e. The third-order valence-corrected chi connectivity index (χ3v) is 3.36. The Morgan fingerprint density at radius 3 is 2.90 bits per heavy atom. The SMILES string of the molecule is Cc1nc2cc(N)ccc2n1Cc1cccc(C#N)c1. The van der Waals surface area contributed by atoms with Gasteiger partial charge in [0.2, 0.25) is 0 Å². The van der Waals surface area contributed by atoms with Crippen molar-refractivity contribution in [1.29, 1.82) is 5.26 Å². The van der Waals surface area contributed by atoms with Gasteiger partial charge in [-0.05, 0) is 42.8 Å². The number of nitrogens with zero attached hydrogens (tertiary/aromatic N) is 3. The molecule has 0 aliphatic heterocycles. The Morgan fingerprint density at radius 2 is 2.10 bits per heavy atom. The van der Waals surface area contributed by atoms with Gasteiger partial charge in [0.1, 0.15) is 5.82 Å². The van der Waals surface area contributed by atoms with E-state index in [1.165, 1.54) is 0 Å². The second kappa shape index (κ2) is 4.71. The second-order valence-electron chi connectivity index (χ2n) is 4.81. The molecule has 4 nitrogen and oxygen atoms in total. The highest BCUT2D eigenvalue weighted by Gasteiger charge is 2.08. The maximum absolute atomic E-state index is 8.96. The van der Waals surface area contributed by atoms with Crippen molar-refractivity contribution in [3.05, 3.63) is 59.4 Å². The summed E-state index contributed by atoms with van der Waals surface area (Å²) >= 11 is 0. The number of nitrogen functional groups attached to an aromatic ring is 1. The van der Waals surface area contributed by atoms with Crippen molar-refractivity contribution in [2.45, 2.75) is 13.5 Å². The minimum atomic E-state index is 0.675. The number of anilines is 1. The summed E-state index contributed by atoms with van der Waals surface area (Å²) in [6.07, 6.45) is 0. The van der Waals surface area contributed by atoms with Gasteiger partial charge in [-0.25, -0.2) is 4.98 Å². The molecule has 0 unspecified atom stereocenters. The molecule has 0 aliphatic carbocycles. The van der Waals surface area contributed by atoms with Crippen LogP contribution in [0.3, 0.4) is 0 Å². The molecular formula is C16H14N4. The molecule has 2 N–H and O–H groups in total. The van der Waals surface area contributed by atoms with Crippen molar-refractivity contribution < 1.29 is 0 Å². The van der Waals surface area contributed by atoms with Gasteiger partial charge in [-0.15, -0.1) is 0 Å². The smallest absolute Gasteiger partial charge is 0.107 e. The van der Waals surface area contributed by atoms with Gasteiger partial charge < -0.3 is 10.3 Å². The first kappa shape index (κ1) is 12.2. The van der Waals surface area contributed by atoms with Crippen molar-refractivity contribution in [2.75, 3.05) is 5.73 Å². The molecule has 4 heteroatoms. The maximum atomic E-state index is 8.96. The number of benzene rings is 2. The van der Waals surface area contributed by atoms with Crippen LogP contribution in [0.15, 0.2) is 42.5 Å². The van der Waals surface area contributed by atoms with Crippen LogP contribution in [0.25, 0.3) is 11.0 Å². The molecule has 1 heterocycles. The predicted octanol–water partition coefficient (Wildman–Crippen LogP) is 2.85. The standard InChI is InChI=1S/C16H14N4/c1-11-19-15-8-14(18)5-6-16(15)20(11)10-13-4-2-3-12(7-13)9-17/h2-8H,10,18H2,1H3. The van der Waals surface area contributed by atoms with Crippen LogP contribution in [0.4, 0.5) is 5.69 Å². The van der Waals surface area contributed by atoms with Crippen LogP contribution in [0, 0.1) is 18.3 Å². The van der Waals surface area contributed by atoms with E-state index in [9.17, 15) is 0 Å². The first-order valence-electron chi connectivity index (χ1n) is 6.39. The highest BCUT2D eigenvalue weighted by Crippen LogP contribution is 2.20. The first-order valence-corrected chi connectivity index (χ1v) is 6.39. The van der Waals surface area contributed by atoms with Gasteiger partial charge >= 0.3 is 0 Å². The molecule has 3 aromatic rings. The van der Waals surface area contributed by atoms with Crippen molar-refractivity contribution in [1.82, 2.24) is 9.55 Å². The molecule has 2 aromatic carbocycles. The van der Waals surface area contributed by atoms with Crippen LogP contribution >= 0.6 is 0 Å². The molecule has 0 saturated heterocycles. The molecule has 0 amide bonds. The summed E-state index contributed by atoms with van der Waals surface area (Å²) in [6.45, 7) is 2.67. The summed E-state index contributed by atoms with van der Waals surface area (Å²) in [7, 11) is 0. The fourth-order valence-corrected chi connectivity index (χ4v) is 2.39. The van der Waals surface area contributed by atoms with E-state index in [1.54, 1.807) is 0 Å². The Balaban J connectivity index is 2.06. The number of aryl methyl sites for hydroxylation is 1. The molecule has 3 rings (SSSR count). The van der Waals surface area contributed by atoms with E-state index in [4.69, 9.17) is 11.0 Å². The molecule has 20 heavy (non-hydrogen) atoms. The Hall–Kier alpha value is -2.80. The van der Waals surface area contributed by atoms with Crippen molar-refractivity contribution >= 4 is 16.7 Å². The highest BCUT2D eigenvalue weighted by atomic mass is 15.1. The van der Waals surface area contributed by atoms with Gasteiger partial charge in [0.05, 0.1) is 22.7 Å². The molecule has 0 aliphatic rings. The van der Waals surface area contributed by atoms with Gasteiger partial charge in [-0.2, -0.15) is 5.26 Å². The zero-order chi connectivity index (χ0) is 14.1. The van der Waals surface area contributed by atoms with Crippen LogP contribution in [0.2, 0.25) is 0 Å². The summed E-state index contributed by atoms with van der Waals surface area (Å²) in [5.74, 6) is 0.938. The van der Waals surface area contributed by atoms with E-state index in [-0.39, 0.29) is 0 Å². The summed E-state index contributed by atoms with van der Waals surface area (Å²) in [4.78, 5) is 4.53. The molecule has 0 atom stereocenters. The van der Waals surface area contributed by atoms with Gasteiger partial charge in [0, 0.05) is 12.2 Å². The topological polar surface area (TPSA) is 67.6 Å². The third-order valence-electron chi connectivity index (χ3n) is 3.36. The number of aromatic nitrogens is 2. The lowest BCUT2D eigenvalue weighted by atomic mass is 10.1. The molecular weight excluding hydrogens is 248 g/mol. The quantitative estimate of drug-likeness (QED) is 0.722. The van der Waals surface area contributed by atoms with Crippen molar-refractivity contribution in [2.24, 2.45) is 0 Å². The monoisotopic (exact) mass is 262 g/mol. The lowest BCUT2D eigenvalue weighted by Crippen LogP contribution is -2.02. The summed E-state index contributed by atoms with van der Waals surface area (Å²) in [5, 5.41) is 8.96. The molecule has 0 saturated carbocycles. The minimum Gasteiger partial charge on any atom is -0.399 e. The average Bonchev–Trinajstić information content (AvgIpc) is 2.74. The largest absolute Gasteiger partial charge is 0.399 e. The van der Waals surface area contributed by atoms with E-state index in [0.29, 0.717) is 17.8 Å². The molecule has 98 valence electrons. The van der Waals surface area contributed by atoms with Gasteiger partial charge in [-0.1, -0.05) is 12.1 Å². The third kappa shape index (κ3) is 2.10. The van der Waals surface area contributed by atoms with Crippen LogP contribution in [-0.4, -0.2) is 9.55 Å². The lowest BCUT2D eigenvalue weighted by molar-refractivity contribution is 0.786. The van der Waals surface area contributed by atoms with Crippen LogP contribution < -0.4 is 5.73 Å². The molecule has 0 fully saturated rings. The molecule has 0 radical (unpaired) electrons. The summed E-state index contributed by atoms with van der Waals surface area (Å²) < 4.78 is 2.13. The Kier molecular flexibility index (Phi) is 2.88. The summed E-state index contributed by atoms with van der Waals surface area (Å²) in [5.41, 5.74) is 10.2. The van der Waals surface area contributed by atoms with Gasteiger partial charge in [0.15, 0.2) is 0 Å². The number of fused-ring (bicyclic) bond motifs is 1. The lowest BCUT2D eigenvalue weighted by Gasteiger charge is -2.07. The number of hydrogen-bond acceptors (Lipinski definition) is 3. The fraction of sp³-hybridized carbons (Fsp3) is 0.125. The Bertz CT molecular complexity index is 824. The van der Waals surface area contributed by atoms with Crippen molar-refractivity contribution in [3.8, 4) is 6.07 Å². The van der Waals surface area contributed by atoms with E-state index >= 15 is 0 Å². The number of nitrogens with two attached hydrogens (primary N) is 1. The van der Waals surface area contributed by atoms with Crippen LogP contribution in [0.1, 0.15) is 17.0 Å². The number of imidazole rings is 1. The van der Waals surface area contributed by atoms with E-state index < -0.39 is 0 Å². The van der Waals surface area contributed by atoms with Crippen molar-refractivity contribution in [3.63, 3.8) is 0 Å². The van der Waals surface area contributed by atoms with Crippen LogP contribution in [0.5, 0.6) is 0 Å². The average molecular weight is 262 g/mol. The fourth-order valence-electron chi connectivity index (χ4n) is 2.39. The van der Waals surface area contributed by atoms with Crippen LogP contribution in [-0.2, 0) is 6.54 Å². The minimum absolute atomic E-state index is 0.675. The zero-order valence-electron chi connectivity index (χ0n) is 11.2. The number of hydrogen-bond donors (Lipinski definition) is 1. The van der Waals surface area contributed by atoms with E-state index in [2.05, 4.69) is 15.6 Å².